The molecule has 0 spiro atoms. The smallest absolute Gasteiger partial charge is 0.261 e. The lowest BCUT2D eigenvalue weighted by Crippen LogP contribution is -2.50. The minimum Gasteiger partial charge on any atom is -0.497 e. The molecule has 1 fully saturated rings. The Bertz CT molecular complexity index is 739. The number of amides is 1. The molecule has 1 atom stereocenters. The first-order valence-electron chi connectivity index (χ1n) is 8.63. The minimum absolute atomic E-state index is 0. The molecule has 1 heterocycles. The van der Waals surface area contributed by atoms with Gasteiger partial charge in [0.05, 0.1) is 20.3 Å². The summed E-state index contributed by atoms with van der Waals surface area (Å²) in [6.07, 6.45) is 0. The minimum atomic E-state index is -0.0770. The van der Waals surface area contributed by atoms with Crippen molar-refractivity contribution in [3.8, 4) is 17.2 Å². The van der Waals surface area contributed by atoms with Crippen LogP contribution in [-0.2, 0) is 4.79 Å². The molecule has 0 aliphatic carbocycles. The molecule has 0 saturated carbocycles. The van der Waals surface area contributed by atoms with Crippen molar-refractivity contribution in [3.63, 3.8) is 0 Å². The van der Waals surface area contributed by atoms with Crippen LogP contribution >= 0.6 is 12.4 Å². The molecule has 1 saturated heterocycles. The second-order valence-corrected chi connectivity index (χ2v) is 6.01. The maximum atomic E-state index is 12.8. The number of ether oxygens (including phenoxy) is 3. The summed E-state index contributed by atoms with van der Waals surface area (Å²) in [4.78, 5) is 14.6. The van der Waals surface area contributed by atoms with Crippen LogP contribution in [0, 0.1) is 0 Å². The van der Waals surface area contributed by atoms with Crippen molar-refractivity contribution in [2.45, 2.75) is 6.04 Å². The van der Waals surface area contributed by atoms with Gasteiger partial charge in [-0.15, -0.1) is 12.4 Å². The van der Waals surface area contributed by atoms with E-state index in [1.54, 1.807) is 26.4 Å². The quantitative estimate of drug-likeness (QED) is 0.819. The van der Waals surface area contributed by atoms with Crippen LogP contribution in [0.4, 0.5) is 0 Å². The van der Waals surface area contributed by atoms with Crippen molar-refractivity contribution >= 4 is 18.3 Å². The van der Waals surface area contributed by atoms with E-state index in [9.17, 15) is 4.79 Å². The summed E-state index contributed by atoms with van der Waals surface area (Å²) in [5, 5.41) is 3.35. The summed E-state index contributed by atoms with van der Waals surface area (Å²) in [7, 11) is 3.26. The third kappa shape index (κ3) is 5.05. The molecule has 0 radical (unpaired) electrons. The van der Waals surface area contributed by atoms with E-state index in [2.05, 4.69) is 5.32 Å². The van der Waals surface area contributed by atoms with Gasteiger partial charge in [0.2, 0.25) is 0 Å². The maximum Gasteiger partial charge on any atom is 0.261 e. The number of piperazine rings is 1. The highest BCUT2D eigenvalue weighted by atomic mass is 35.5. The average molecular weight is 393 g/mol. The van der Waals surface area contributed by atoms with Crippen molar-refractivity contribution in [1.82, 2.24) is 10.2 Å². The van der Waals surface area contributed by atoms with Crippen LogP contribution in [0.5, 0.6) is 17.2 Å². The average Bonchev–Trinajstić information content (AvgIpc) is 2.72. The van der Waals surface area contributed by atoms with Crippen molar-refractivity contribution in [2.75, 3.05) is 40.5 Å². The van der Waals surface area contributed by atoms with Crippen LogP contribution in [0.25, 0.3) is 0 Å². The fraction of sp³-hybridized carbons (Fsp3) is 0.350. The molecule has 146 valence electrons. The van der Waals surface area contributed by atoms with Crippen molar-refractivity contribution in [3.05, 3.63) is 54.1 Å². The molecule has 2 aromatic carbocycles. The number of carbonyl (C=O) groups excluding carboxylic acids is 1. The van der Waals surface area contributed by atoms with E-state index in [1.165, 1.54) is 0 Å². The van der Waals surface area contributed by atoms with Crippen molar-refractivity contribution < 1.29 is 19.0 Å². The number of nitrogens with zero attached hydrogens (tertiary/aromatic N) is 1. The highest BCUT2D eigenvalue weighted by Crippen LogP contribution is 2.30. The van der Waals surface area contributed by atoms with Crippen molar-refractivity contribution in [2.24, 2.45) is 0 Å². The summed E-state index contributed by atoms with van der Waals surface area (Å²) < 4.78 is 16.3. The van der Waals surface area contributed by atoms with Gasteiger partial charge in [-0.05, 0) is 30.3 Å². The number of para-hydroxylation sites is 1. The third-order valence-electron chi connectivity index (χ3n) is 4.48. The summed E-state index contributed by atoms with van der Waals surface area (Å²) in [6, 6.07) is 14.9. The van der Waals surface area contributed by atoms with Gasteiger partial charge in [0.15, 0.2) is 6.61 Å². The lowest BCUT2D eigenvalue weighted by Gasteiger charge is -2.37. The highest BCUT2D eigenvalue weighted by Gasteiger charge is 2.29. The Labute approximate surface area is 165 Å². The molecular weight excluding hydrogens is 368 g/mol. The molecule has 1 amide bonds. The van der Waals surface area contributed by atoms with Crippen LogP contribution in [0.3, 0.4) is 0 Å². The number of nitrogens with one attached hydrogen (secondary N) is 1. The van der Waals surface area contributed by atoms with Gasteiger partial charge in [0.25, 0.3) is 5.91 Å². The predicted octanol–water partition coefficient (Wildman–Crippen LogP) is 2.68. The summed E-state index contributed by atoms with van der Waals surface area (Å²) in [6.45, 7) is 2.08. The van der Waals surface area contributed by atoms with Gasteiger partial charge < -0.3 is 24.4 Å². The number of hydrogen-bond donors (Lipinski definition) is 1. The zero-order valence-corrected chi connectivity index (χ0v) is 16.3. The van der Waals surface area contributed by atoms with E-state index < -0.39 is 0 Å². The summed E-state index contributed by atoms with van der Waals surface area (Å²) >= 11 is 0. The Hall–Kier alpha value is -2.44. The van der Waals surface area contributed by atoms with Crippen LogP contribution < -0.4 is 19.5 Å². The van der Waals surface area contributed by atoms with E-state index in [-0.39, 0.29) is 31.0 Å². The van der Waals surface area contributed by atoms with Gasteiger partial charge in [-0.2, -0.15) is 0 Å². The Morgan fingerprint density at radius 3 is 2.48 bits per heavy atom. The molecule has 0 bridgehead atoms. The predicted molar refractivity (Wildman–Crippen MR) is 106 cm³/mol. The van der Waals surface area contributed by atoms with E-state index in [1.807, 2.05) is 41.3 Å². The van der Waals surface area contributed by atoms with E-state index in [0.717, 1.165) is 23.6 Å². The number of halogens is 1. The van der Waals surface area contributed by atoms with E-state index in [4.69, 9.17) is 14.2 Å². The molecule has 1 aliphatic heterocycles. The zero-order chi connectivity index (χ0) is 18.4. The number of benzene rings is 2. The van der Waals surface area contributed by atoms with Gasteiger partial charge in [-0.25, -0.2) is 0 Å². The Morgan fingerprint density at radius 1 is 1.07 bits per heavy atom. The second kappa shape index (κ2) is 10.0. The first-order valence-corrected chi connectivity index (χ1v) is 8.63. The van der Waals surface area contributed by atoms with Crippen LogP contribution in [0.1, 0.15) is 11.6 Å². The molecule has 1 N–H and O–H groups in total. The lowest BCUT2D eigenvalue weighted by molar-refractivity contribution is -0.136. The monoisotopic (exact) mass is 392 g/mol. The molecule has 6 nitrogen and oxygen atoms in total. The standard InChI is InChI=1S/C20H24N2O4.ClH/c1-24-15-7-9-16(10-8-15)26-14-20(23)22-12-11-21-13-18(22)17-5-3-4-6-19(17)25-2;/h3-10,18,21H,11-14H2,1-2H3;1H. The highest BCUT2D eigenvalue weighted by molar-refractivity contribution is 5.85. The largest absolute Gasteiger partial charge is 0.497 e. The molecule has 2 aromatic rings. The van der Waals surface area contributed by atoms with Gasteiger partial charge >= 0.3 is 0 Å². The fourth-order valence-electron chi connectivity index (χ4n) is 3.12. The van der Waals surface area contributed by atoms with Crippen LogP contribution in [0.2, 0.25) is 0 Å². The SMILES string of the molecule is COc1ccc(OCC(=O)N2CCNCC2c2ccccc2OC)cc1.Cl. The van der Waals surface area contributed by atoms with E-state index >= 15 is 0 Å². The van der Waals surface area contributed by atoms with E-state index in [0.29, 0.717) is 18.8 Å². The summed E-state index contributed by atoms with van der Waals surface area (Å²) in [5.74, 6) is 2.14. The third-order valence-corrected chi connectivity index (χ3v) is 4.48. The number of hydrogen-bond acceptors (Lipinski definition) is 5. The Morgan fingerprint density at radius 2 is 1.78 bits per heavy atom. The molecule has 1 aliphatic rings. The van der Waals surface area contributed by atoms with Gasteiger partial charge in [0, 0.05) is 25.2 Å². The van der Waals surface area contributed by atoms with Gasteiger partial charge in [0.1, 0.15) is 17.2 Å². The van der Waals surface area contributed by atoms with Gasteiger partial charge in [-0.1, -0.05) is 18.2 Å². The maximum absolute atomic E-state index is 12.8. The zero-order valence-electron chi connectivity index (χ0n) is 15.5. The Kier molecular flexibility index (Phi) is 7.76. The first-order chi connectivity index (χ1) is 12.7. The molecule has 1 unspecified atom stereocenters. The van der Waals surface area contributed by atoms with Crippen LogP contribution in [0.15, 0.2) is 48.5 Å². The first kappa shape index (κ1) is 20.9. The lowest BCUT2D eigenvalue weighted by atomic mass is 10.0. The fourth-order valence-corrected chi connectivity index (χ4v) is 3.12. The number of carbonyl (C=O) groups is 1. The molecular formula is C20H25ClN2O4. The summed E-state index contributed by atoms with van der Waals surface area (Å²) in [5.41, 5.74) is 1.000. The van der Waals surface area contributed by atoms with Gasteiger partial charge in [-0.3, -0.25) is 4.79 Å². The molecule has 27 heavy (non-hydrogen) atoms. The van der Waals surface area contributed by atoms with Crippen LogP contribution in [-0.4, -0.2) is 51.3 Å². The second-order valence-electron chi connectivity index (χ2n) is 6.01. The Balaban J connectivity index is 0.00000261. The topological polar surface area (TPSA) is 60.0 Å². The molecule has 7 heteroatoms. The van der Waals surface area contributed by atoms with Crippen molar-refractivity contribution in [1.29, 1.82) is 0 Å². The normalized spacial score (nSPS) is 16.2. The molecule has 0 aromatic heterocycles. The number of rotatable bonds is 6. The molecule has 3 rings (SSSR count). The number of methoxy groups -OCH3 is 2.